The van der Waals surface area contributed by atoms with E-state index in [-0.39, 0.29) is 75.8 Å². The van der Waals surface area contributed by atoms with Gasteiger partial charge in [0.25, 0.3) is 0 Å². The summed E-state index contributed by atoms with van der Waals surface area (Å²) in [6.45, 7) is 0.715. The third-order valence-corrected chi connectivity index (χ3v) is 10.6. The molecule has 0 bridgehead atoms. The Bertz CT molecular complexity index is 2000. The molecular weight excluding hydrogens is 759 g/mol. The monoisotopic (exact) mass is 813 g/mol. The number of primary amides is 1. The first-order valence-corrected chi connectivity index (χ1v) is 20.1. The first-order chi connectivity index (χ1) is 28.4. The highest BCUT2D eigenvalue weighted by atomic mass is 16.2. The van der Waals surface area contributed by atoms with Crippen molar-refractivity contribution in [2.45, 2.75) is 101 Å². The maximum absolute atomic E-state index is 14.3. The zero-order chi connectivity index (χ0) is 42.3. The molecule has 3 aromatic rings. The normalized spacial score (nSPS) is 23.3. The Morgan fingerprint density at radius 1 is 0.729 bits per heavy atom. The number of para-hydroxylation sites is 1. The molecular formula is C41H55N11O7. The number of hydrogen-bond donors (Lipinski definition) is 9. The summed E-state index contributed by atoms with van der Waals surface area (Å²) in [6.07, 6.45) is 3.84. The molecule has 12 N–H and O–H groups in total. The smallest absolute Gasteiger partial charge is 0.243 e. The van der Waals surface area contributed by atoms with Crippen molar-refractivity contribution in [3.63, 3.8) is 0 Å². The van der Waals surface area contributed by atoms with Gasteiger partial charge in [-0.15, -0.1) is 0 Å². The number of H-pyrrole nitrogens is 1. The number of benzene rings is 2. The molecule has 2 saturated heterocycles. The Morgan fingerprint density at radius 2 is 1.41 bits per heavy atom. The van der Waals surface area contributed by atoms with Crippen LogP contribution in [-0.4, -0.2) is 107 Å². The molecule has 316 valence electrons. The van der Waals surface area contributed by atoms with Gasteiger partial charge in [0, 0.05) is 62.4 Å². The summed E-state index contributed by atoms with van der Waals surface area (Å²) < 4.78 is 0. The van der Waals surface area contributed by atoms with Crippen molar-refractivity contribution in [1.82, 2.24) is 36.5 Å². The van der Waals surface area contributed by atoms with Crippen LogP contribution in [-0.2, 0) is 46.4 Å². The topological polar surface area (TPSA) is 289 Å². The number of guanidine groups is 1. The predicted octanol–water partition coefficient (Wildman–Crippen LogP) is -0.497. The van der Waals surface area contributed by atoms with E-state index in [4.69, 9.17) is 17.2 Å². The summed E-state index contributed by atoms with van der Waals surface area (Å²) in [5, 5.41) is 14.7. The molecule has 2 aromatic carbocycles. The van der Waals surface area contributed by atoms with E-state index in [1.54, 1.807) is 30.5 Å². The zero-order valence-electron chi connectivity index (χ0n) is 33.0. The van der Waals surface area contributed by atoms with E-state index in [9.17, 15) is 33.6 Å². The van der Waals surface area contributed by atoms with Gasteiger partial charge in [-0.05, 0) is 62.1 Å². The molecule has 0 unspecified atom stereocenters. The highest BCUT2D eigenvalue weighted by Gasteiger charge is 2.37. The molecule has 0 radical (unpaired) electrons. The number of carbonyl (C=O) groups excluding carboxylic acids is 7. The number of aliphatic imine (C=N–C) groups is 1. The predicted molar refractivity (Wildman–Crippen MR) is 220 cm³/mol. The van der Waals surface area contributed by atoms with Crippen molar-refractivity contribution < 1.29 is 33.6 Å². The van der Waals surface area contributed by atoms with Gasteiger partial charge >= 0.3 is 0 Å². The van der Waals surface area contributed by atoms with E-state index in [0.29, 0.717) is 37.8 Å². The second-order valence-corrected chi connectivity index (χ2v) is 14.9. The minimum absolute atomic E-state index is 0.0110. The molecule has 5 rings (SSSR count). The van der Waals surface area contributed by atoms with Crippen LogP contribution in [0.25, 0.3) is 10.9 Å². The van der Waals surface area contributed by atoms with Crippen molar-refractivity contribution in [3.05, 3.63) is 71.9 Å². The Kier molecular flexibility index (Phi) is 15.8. The SMILES string of the molecule is NC(=O)[C@@H]1CCCCNC(=O)CCC(=O)N2CCC[C@H]2C(=O)N[C@H](Cc2ccccc2)C(=O)N[C@@H](CCCN=C(N)N)C(=O)N[C@@H](Cc2c[nH]c3ccccc23)C(=O)N1. The molecule has 7 amide bonds. The zero-order valence-corrected chi connectivity index (χ0v) is 33.0. The van der Waals surface area contributed by atoms with Gasteiger partial charge in [0.05, 0.1) is 0 Å². The first-order valence-electron chi connectivity index (χ1n) is 20.1. The standard InChI is InChI=1S/C41H55N11O7/c42-36(55)29-14-6-7-19-45-34(53)17-18-35(54)52-21-9-16-33(52)40(59)51-31(22-25-10-2-1-3-11-25)38(57)49-30(15-8-20-46-41(43)44)37(56)50-32(39(58)48-29)23-26-24-47-28-13-5-4-12-27(26)28/h1-5,10-13,24,29-33,47H,6-9,14-23H2,(H2,42,55)(H,45,53)(H,48,58)(H,49,57)(H,50,56)(H,51,59)(H4,43,44,46)/t29-,30-,31+,32-,33-/m0/s1. The minimum Gasteiger partial charge on any atom is -0.370 e. The van der Waals surface area contributed by atoms with Crippen LogP contribution in [0.2, 0.25) is 0 Å². The third-order valence-electron chi connectivity index (χ3n) is 10.6. The fourth-order valence-electron chi connectivity index (χ4n) is 7.42. The number of fused-ring (bicyclic) bond motifs is 2. The summed E-state index contributed by atoms with van der Waals surface area (Å²) in [6, 6.07) is 10.9. The van der Waals surface area contributed by atoms with Crippen molar-refractivity contribution >= 4 is 58.2 Å². The Hall–Kier alpha value is -6.46. The largest absolute Gasteiger partial charge is 0.370 e. The molecule has 2 fully saturated rings. The summed E-state index contributed by atoms with van der Waals surface area (Å²) in [7, 11) is 0. The van der Waals surface area contributed by atoms with E-state index in [1.165, 1.54) is 4.90 Å². The summed E-state index contributed by atoms with van der Waals surface area (Å²) in [5.74, 6) is -4.23. The lowest BCUT2D eigenvalue weighted by atomic mass is 10.0. The Balaban J connectivity index is 1.48. The molecule has 0 spiro atoms. The second kappa shape index (κ2) is 21.3. The highest BCUT2D eigenvalue weighted by molar-refractivity contribution is 5.97. The van der Waals surface area contributed by atoms with Crippen molar-refractivity contribution in [1.29, 1.82) is 0 Å². The maximum Gasteiger partial charge on any atom is 0.243 e. The van der Waals surface area contributed by atoms with Crippen LogP contribution >= 0.6 is 0 Å². The molecule has 18 heteroatoms. The lowest BCUT2D eigenvalue weighted by Crippen LogP contribution is -2.59. The summed E-state index contributed by atoms with van der Waals surface area (Å²) >= 11 is 0. The van der Waals surface area contributed by atoms with Crippen LogP contribution < -0.4 is 43.8 Å². The summed E-state index contributed by atoms with van der Waals surface area (Å²) in [5.41, 5.74) is 19.0. The number of nitrogens with two attached hydrogens (primary N) is 3. The van der Waals surface area contributed by atoms with Crippen LogP contribution in [0, 0.1) is 0 Å². The number of amides is 7. The molecule has 5 atom stereocenters. The van der Waals surface area contributed by atoms with Gasteiger partial charge < -0.3 is 53.7 Å². The van der Waals surface area contributed by atoms with Crippen molar-refractivity contribution in [3.8, 4) is 0 Å². The Morgan fingerprint density at radius 3 is 2.17 bits per heavy atom. The number of aromatic amines is 1. The fraction of sp³-hybridized carbons (Fsp3) is 0.463. The number of aromatic nitrogens is 1. The molecule has 3 heterocycles. The Labute approximate surface area is 342 Å². The molecule has 2 aliphatic rings. The average Bonchev–Trinajstić information content (AvgIpc) is 3.88. The molecule has 0 saturated carbocycles. The van der Waals surface area contributed by atoms with Crippen LogP contribution in [0.4, 0.5) is 0 Å². The number of rotatable bonds is 9. The minimum atomic E-state index is -1.23. The molecule has 18 nitrogen and oxygen atoms in total. The van der Waals surface area contributed by atoms with E-state index in [0.717, 1.165) is 16.5 Å². The molecule has 59 heavy (non-hydrogen) atoms. The average molecular weight is 814 g/mol. The molecule has 2 aliphatic heterocycles. The van der Waals surface area contributed by atoms with Gasteiger partial charge in [-0.3, -0.25) is 38.6 Å². The number of nitrogens with one attached hydrogen (secondary N) is 6. The lowest BCUT2D eigenvalue weighted by Gasteiger charge is -2.28. The highest BCUT2D eigenvalue weighted by Crippen LogP contribution is 2.21. The third kappa shape index (κ3) is 12.8. The number of carbonyl (C=O) groups is 7. The van der Waals surface area contributed by atoms with E-state index in [2.05, 4.69) is 36.6 Å². The van der Waals surface area contributed by atoms with Crippen LogP contribution in [0.15, 0.2) is 65.8 Å². The molecule has 1 aromatic heterocycles. The molecule has 0 aliphatic carbocycles. The van der Waals surface area contributed by atoms with Gasteiger partial charge in [-0.25, -0.2) is 0 Å². The maximum atomic E-state index is 14.3. The van der Waals surface area contributed by atoms with Gasteiger partial charge in [-0.2, -0.15) is 0 Å². The fourth-order valence-corrected chi connectivity index (χ4v) is 7.42. The van der Waals surface area contributed by atoms with Crippen LogP contribution in [0.5, 0.6) is 0 Å². The second-order valence-electron chi connectivity index (χ2n) is 14.9. The van der Waals surface area contributed by atoms with Crippen molar-refractivity contribution in [2.75, 3.05) is 19.6 Å². The van der Waals surface area contributed by atoms with Crippen LogP contribution in [0.1, 0.15) is 68.9 Å². The van der Waals surface area contributed by atoms with Gasteiger partial charge in [0.2, 0.25) is 41.4 Å². The number of nitrogens with zero attached hydrogens (tertiary/aromatic N) is 2. The van der Waals surface area contributed by atoms with Crippen LogP contribution in [0.3, 0.4) is 0 Å². The number of hydrogen-bond acceptors (Lipinski definition) is 8. The van der Waals surface area contributed by atoms with Gasteiger partial charge in [0.15, 0.2) is 5.96 Å². The lowest BCUT2D eigenvalue weighted by molar-refractivity contribution is -0.140. The summed E-state index contributed by atoms with van der Waals surface area (Å²) in [4.78, 5) is 104. The first kappa shape index (κ1) is 43.7. The van der Waals surface area contributed by atoms with E-state index in [1.807, 2.05) is 30.3 Å². The van der Waals surface area contributed by atoms with E-state index < -0.39 is 59.7 Å². The van der Waals surface area contributed by atoms with E-state index >= 15 is 0 Å². The van der Waals surface area contributed by atoms with Gasteiger partial charge in [-0.1, -0.05) is 48.5 Å². The van der Waals surface area contributed by atoms with Crippen molar-refractivity contribution in [2.24, 2.45) is 22.2 Å². The quantitative estimate of drug-likeness (QED) is 0.0764. The van der Waals surface area contributed by atoms with Gasteiger partial charge in [0.1, 0.15) is 30.2 Å².